The van der Waals surface area contributed by atoms with Gasteiger partial charge in [0.15, 0.2) is 0 Å². The molecular formula is C13H24O2. The highest BCUT2D eigenvalue weighted by Gasteiger charge is 2.46. The maximum Gasteiger partial charge on any atom is 0.0633 e. The summed E-state index contributed by atoms with van der Waals surface area (Å²) in [5, 5.41) is 10.2. The van der Waals surface area contributed by atoms with Crippen molar-refractivity contribution in [2.24, 2.45) is 17.8 Å². The zero-order valence-electron chi connectivity index (χ0n) is 10.2. The van der Waals surface area contributed by atoms with Crippen molar-refractivity contribution >= 4 is 0 Å². The predicted octanol–water partition coefficient (Wildman–Crippen LogP) is 2.60. The van der Waals surface area contributed by atoms with Crippen LogP contribution in [0.3, 0.4) is 0 Å². The summed E-state index contributed by atoms with van der Waals surface area (Å²) in [4.78, 5) is 0. The smallest absolute Gasteiger partial charge is 0.0633 e. The second-order valence-corrected chi connectivity index (χ2v) is 5.92. The molecule has 0 amide bonds. The van der Waals surface area contributed by atoms with Crippen molar-refractivity contribution in [3.05, 3.63) is 0 Å². The van der Waals surface area contributed by atoms with Gasteiger partial charge < -0.3 is 9.84 Å². The topological polar surface area (TPSA) is 29.5 Å². The van der Waals surface area contributed by atoms with Crippen molar-refractivity contribution in [3.63, 3.8) is 0 Å². The molecule has 2 atom stereocenters. The number of ether oxygens (including phenoxy) is 1. The fraction of sp³-hybridized carbons (Fsp3) is 1.00. The molecule has 0 heterocycles. The maximum atomic E-state index is 10.2. The minimum absolute atomic E-state index is 0.423. The van der Waals surface area contributed by atoms with E-state index in [9.17, 15) is 5.11 Å². The molecule has 0 spiro atoms. The zero-order chi connectivity index (χ0) is 11.1. The number of rotatable bonds is 2. The summed E-state index contributed by atoms with van der Waals surface area (Å²) >= 11 is 0. The second kappa shape index (κ2) is 4.06. The van der Waals surface area contributed by atoms with Crippen LogP contribution in [0, 0.1) is 17.8 Å². The van der Waals surface area contributed by atoms with Gasteiger partial charge in [0.1, 0.15) is 0 Å². The first-order chi connectivity index (χ1) is 7.02. The molecule has 0 aromatic carbocycles. The number of hydrogen-bond acceptors (Lipinski definition) is 2. The maximum absolute atomic E-state index is 10.2. The summed E-state index contributed by atoms with van der Waals surface area (Å²) in [6.07, 6.45) is 4.75. The third-order valence-electron chi connectivity index (χ3n) is 4.10. The SMILES string of the molecule is CCOC1C2CC(C)CC1CC(C)(O)C2. The Kier molecular flexibility index (Phi) is 3.09. The summed E-state index contributed by atoms with van der Waals surface area (Å²) in [6.45, 7) is 7.22. The van der Waals surface area contributed by atoms with Gasteiger partial charge >= 0.3 is 0 Å². The molecule has 0 aliphatic heterocycles. The Bertz CT molecular complexity index is 207. The molecule has 15 heavy (non-hydrogen) atoms. The van der Waals surface area contributed by atoms with E-state index in [-0.39, 0.29) is 0 Å². The van der Waals surface area contributed by atoms with Crippen molar-refractivity contribution in [2.75, 3.05) is 6.61 Å². The van der Waals surface area contributed by atoms with E-state index in [1.807, 2.05) is 6.92 Å². The predicted molar refractivity (Wildman–Crippen MR) is 60.6 cm³/mol. The molecule has 0 aromatic rings. The van der Waals surface area contributed by atoms with Gasteiger partial charge in [-0.05, 0) is 57.3 Å². The minimum atomic E-state index is -0.441. The molecule has 2 fully saturated rings. The van der Waals surface area contributed by atoms with Crippen LogP contribution < -0.4 is 0 Å². The van der Waals surface area contributed by atoms with Crippen LogP contribution in [0.2, 0.25) is 0 Å². The molecule has 0 aromatic heterocycles. The molecule has 2 aliphatic carbocycles. The Labute approximate surface area is 93.0 Å². The van der Waals surface area contributed by atoms with E-state index in [2.05, 4.69) is 13.8 Å². The first-order valence-corrected chi connectivity index (χ1v) is 6.36. The Morgan fingerprint density at radius 3 is 2.27 bits per heavy atom. The van der Waals surface area contributed by atoms with Crippen LogP contribution in [0.1, 0.15) is 46.5 Å². The second-order valence-electron chi connectivity index (χ2n) is 5.92. The third-order valence-corrected chi connectivity index (χ3v) is 4.10. The van der Waals surface area contributed by atoms with Crippen molar-refractivity contribution in [2.45, 2.75) is 58.2 Å². The Balaban J connectivity index is 2.10. The van der Waals surface area contributed by atoms with E-state index in [1.165, 1.54) is 12.8 Å². The lowest BCUT2D eigenvalue weighted by atomic mass is 9.62. The average molecular weight is 212 g/mol. The summed E-state index contributed by atoms with van der Waals surface area (Å²) in [6, 6.07) is 0. The van der Waals surface area contributed by atoms with E-state index in [4.69, 9.17) is 4.74 Å². The van der Waals surface area contributed by atoms with Crippen LogP contribution >= 0.6 is 0 Å². The Morgan fingerprint density at radius 1 is 1.27 bits per heavy atom. The average Bonchev–Trinajstić information content (AvgIpc) is 2.06. The summed E-state index contributed by atoms with van der Waals surface area (Å²) < 4.78 is 5.88. The van der Waals surface area contributed by atoms with E-state index in [0.717, 1.165) is 25.4 Å². The molecule has 2 nitrogen and oxygen atoms in total. The van der Waals surface area contributed by atoms with E-state index in [1.54, 1.807) is 0 Å². The monoisotopic (exact) mass is 212 g/mol. The van der Waals surface area contributed by atoms with Gasteiger partial charge in [-0.1, -0.05) is 6.92 Å². The lowest BCUT2D eigenvalue weighted by Crippen LogP contribution is -2.50. The Morgan fingerprint density at radius 2 is 1.80 bits per heavy atom. The van der Waals surface area contributed by atoms with Crippen LogP contribution in [0.15, 0.2) is 0 Å². The van der Waals surface area contributed by atoms with Gasteiger partial charge in [0.2, 0.25) is 0 Å². The summed E-state index contributed by atoms with van der Waals surface area (Å²) in [5.74, 6) is 1.98. The van der Waals surface area contributed by atoms with E-state index in [0.29, 0.717) is 17.9 Å². The lowest BCUT2D eigenvalue weighted by molar-refractivity contribution is -0.138. The van der Waals surface area contributed by atoms with Crippen LogP contribution in [0.25, 0.3) is 0 Å². The number of fused-ring (bicyclic) bond motifs is 2. The standard InChI is InChI=1S/C13H24O2/c1-4-15-12-10-5-9(2)6-11(12)8-13(3,14)7-10/h9-12,14H,4-8H2,1-3H3. The van der Waals surface area contributed by atoms with Crippen LogP contribution in [-0.4, -0.2) is 23.4 Å². The highest BCUT2D eigenvalue weighted by molar-refractivity contribution is 4.97. The van der Waals surface area contributed by atoms with Gasteiger partial charge in [-0.25, -0.2) is 0 Å². The largest absolute Gasteiger partial charge is 0.390 e. The van der Waals surface area contributed by atoms with Gasteiger partial charge in [0.05, 0.1) is 11.7 Å². The summed E-state index contributed by atoms with van der Waals surface area (Å²) in [5.41, 5.74) is -0.441. The first-order valence-electron chi connectivity index (χ1n) is 6.36. The molecule has 0 saturated heterocycles. The molecule has 2 rings (SSSR count). The van der Waals surface area contributed by atoms with E-state index < -0.39 is 5.60 Å². The van der Waals surface area contributed by atoms with Crippen molar-refractivity contribution in [1.82, 2.24) is 0 Å². The van der Waals surface area contributed by atoms with Gasteiger partial charge in [-0.2, -0.15) is 0 Å². The number of hydrogen-bond donors (Lipinski definition) is 1. The van der Waals surface area contributed by atoms with Gasteiger partial charge in [-0.3, -0.25) is 0 Å². The van der Waals surface area contributed by atoms with Gasteiger partial charge in [0.25, 0.3) is 0 Å². The first kappa shape index (κ1) is 11.4. The van der Waals surface area contributed by atoms with Crippen LogP contribution in [-0.2, 0) is 4.74 Å². The molecule has 1 N–H and O–H groups in total. The molecule has 88 valence electrons. The molecule has 0 radical (unpaired) electrons. The van der Waals surface area contributed by atoms with Crippen LogP contribution in [0.4, 0.5) is 0 Å². The molecular weight excluding hydrogens is 188 g/mol. The van der Waals surface area contributed by atoms with Crippen molar-refractivity contribution < 1.29 is 9.84 Å². The van der Waals surface area contributed by atoms with Crippen LogP contribution in [0.5, 0.6) is 0 Å². The molecule has 2 aliphatic rings. The summed E-state index contributed by atoms with van der Waals surface area (Å²) in [7, 11) is 0. The number of aliphatic hydroxyl groups is 1. The van der Waals surface area contributed by atoms with E-state index >= 15 is 0 Å². The quantitative estimate of drug-likeness (QED) is 0.762. The normalized spacial score (nSPS) is 50.4. The van der Waals surface area contributed by atoms with Crippen molar-refractivity contribution in [1.29, 1.82) is 0 Å². The molecule has 2 bridgehead atoms. The van der Waals surface area contributed by atoms with Gasteiger partial charge in [-0.15, -0.1) is 0 Å². The van der Waals surface area contributed by atoms with Crippen molar-refractivity contribution in [3.8, 4) is 0 Å². The molecule has 2 heteroatoms. The minimum Gasteiger partial charge on any atom is -0.390 e. The fourth-order valence-electron chi connectivity index (χ4n) is 3.86. The lowest BCUT2D eigenvalue weighted by Gasteiger charge is -2.49. The highest BCUT2D eigenvalue weighted by Crippen LogP contribution is 2.47. The zero-order valence-corrected chi connectivity index (χ0v) is 10.2. The van der Waals surface area contributed by atoms with Gasteiger partial charge in [0, 0.05) is 6.61 Å². The molecule has 2 unspecified atom stereocenters. The highest BCUT2D eigenvalue weighted by atomic mass is 16.5. The molecule has 2 saturated carbocycles. The fourth-order valence-corrected chi connectivity index (χ4v) is 3.86. The third kappa shape index (κ3) is 2.36. The Hall–Kier alpha value is -0.0800.